The Labute approximate surface area is 122 Å². The van der Waals surface area contributed by atoms with Gasteiger partial charge in [-0.3, -0.25) is 0 Å². The van der Waals surface area contributed by atoms with Crippen LogP contribution in [-0.4, -0.2) is 24.5 Å². The van der Waals surface area contributed by atoms with Crippen LogP contribution < -0.4 is 0 Å². The standard InChI is InChI=1S/C17H27NS/c1-14(13-18-10-3-2-4-11-18)16-9-12-19-17(16)8-7-15-5-6-15/h9,12,14-15H,2-8,10-11,13H2,1H3/t14-/m0/s1. The van der Waals surface area contributed by atoms with Crippen LogP contribution >= 0.6 is 11.3 Å². The maximum absolute atomic E-state index is 2.68. The first-order valence-electron chi connectivity index (χ1n) is 8.11. The fraction of sp³-hybridized carbons (Fsp3) is 0.765. The van der Waals surface area contributed by atoms with E-state index in [-0.39, 0.29) is 0 Å². The summed E-state index contributed by atoms with van der Waals surface area (Å²) < 4.78 is 0. The van der Waals surface area contributed by atoms with Gasteiger partial charge >= 0.3 is 0 Å². The molecule has 0 bridgehead atoms. The van der Waals surface area contributed by atoms with Crippen LogP contribution in [0.15, 0.2) is 11.4 Å². The summed E-state index contributed by atoms with van der Waals surface area (Å²) in [5, 5.41) is 2.31. The summed E-state index contributed by atoms with van der Waals surface area (Å²) in [6.45, 7) is 6.35. The first-order valence-corrected chi connectivity index (χ1v) is 8.99. The highest BCUT2D eigenvalue weighted by Gasteiger charge is 2.22. The average Bonchev–Trinajstić information content (AvgIpc) is 3.14. The van der Waals surface area contributed by atoms with Gasteiger partial charge in [-0.05, 0) is 67.6 Å². The second-order valence-corrected chi connectivity index (χ2v) is 7.54. The molecule has 2 heteroatoms. The van der Waals surface area contributed by atoms with Gasteiger partial charge in [0.15, 0.2) is 0 Å². The largest absolute Gasteiger partial charge is 0.303 e. The number of thiophene rings is 1. The summed E-state index contributed by atoms with van der Waals surface area (Å²) in [6, 6.07) is 2.39. The monoisotopic (exact) mass is 277 g/mol. The second kappa shape index (κ2) is 6.41. The Bertz CT molecular complexity index is 388. The Morgan fingerprint density at radius 1 is 1.26 bits per heavy atom. The van der Waals surface area contributed by atoms with Crippen LogP contribution in [0.3, 0.4) is 0 Å². The Hall–Kier alpha value is -0.340. The van der Waals surface area contributed by atoms with Gasteiger partial charge in [-0.1, -0.05) is 26.2 Å². The van der Waals surface area contributed by atoms with E-state index in [4.69, 9.17) is 0 Å². The average molecular weight is 277 g/mol. The van der Waals surface area contributed by atoms with Gasteiger partial charge in [-0.25, -0.2) is 0 Å². The van der Waals surface area contributed by atoms with Crippen LogP contribution in [0.2, 0.25) is 0 Å². The van der Waals surface area contributed by atoms with Gasteiger partial charge in [0.05, 0.1) is 0 Å². The number of nitrogens with zero attached hydrogens (tertiary/aromatic N) is 1. The molecule has 2 fully saturated rings. The van der Waals surface area contributed by atoms with Crippen molar-refractivity contribution in [2.75, 3.05) is 19.6 Å². The zero-order chi connectivity index (χ0) is 13.1. The maximum atomic E-state index is 2.68. The Kier molecular flexibility index (Phi) is 4.60. The first kappa shape index (κ1) is 13.6. The smallest absolute Gasteiger partial charge is 0.00805 e. The topological polar surface area (TPSA) is 3.24 Å². The lowest BCUT2D eigenvalue weighted by Crippen LogP contribution is -2.32. The Balaban J connectivity index is 1.55. The quantitative estimate of drug-likeness (QED) is 0.729. The second-order valence-electron chi connectivity index (χ2n) is 6.54. The molecule has 3 rings (SSSR count). The predicted octanol–water partition coefficient (Wildman–Crippen LogP) is 4.68. The molecule has 1 nitrogen and oxygen atoms in total. The Morgan fingerprint density at radius 3 is 2.79 bits per heavy atom. The van der Waals surface area contributed by atoms with Crippen molar-refractivity contribution in [3.05, 3.63) is 21.9 Å². The van der Waals surface area contributed by atoms with E-state index in [0.29, 0.717) is 0 Å². The number of likely N-dealkylation sites (tertiary alicyclic amines) is 1. The molecule has 1 aliphatic carbocycles. The van der Waals surface area contributed by atoms with Crippen molar-refractivity contribution in [3.8, 4) is 0 Å². The number of rotatable bonds is 6. The molecule has 0 amide bonds. The fourth-order valence-electron chi connectivity index (χ4n) is 3.36. The summed E-state index contributed by atoms with van der Waals surface area (Å²) >= 11 is 1.99. The fourth-order valence-corrected chi connectivity index (χ4v) is 4.38. The van der Waals surface area contributed by atoms with Crippen molar-refractivity contribution in [3.63, 3.8) is 0 Å². The van der Waals surface area contributed by atoms with Crippen LogP contribution in [0.1, 0.15) is 61.8 Å². The molecule has 0 radical (unpaired) electrons. The van der Waals surface area contributed by atoms with Gasteiger partial charge in [0.1, 0.15) is 0 Å². The van der Waals surface area contributed by atoms with Crippen molar-refractivity contribution in [1.82, 2.24) is 4.90 Å². The molecule has 1 aromatic heterocycles. The van der Waals surface area contributed by atoms with Crippen LogP contribution in [-0.2, 0) is 6.42 Å². The maximum Gasteiger partial charge on any atom is 0.00805 e. The first-order chi connectivity index (χ1) is 9.33. The lowest BCUT2D eigenvalue weighted by atomic mass is 9.98. The van der Waals surface area contributed by atoms with Crippen LogP contribution in [0, 0.1) is 5.92 Å². The molecule has 1 saturated heterocycles. The summed E-state index contributed by atoms with van der Waals surface area (Å²) in [5.41, 5.74) is 1.65. The van der Waals surface area contributed by atoms with E-state index in [1.54, 1.807) is 10.4 Å². The molecule has 19 heavy (non-hydrogen) atoms. The lowest BCUT2D eigenvalue weighted by molar-refractivity contribution is 0.219. The van der Waals surface area contributed by atoms with Gasteiger partial charge < -0.3 is 4.90 Å². The van der Waals surface area contributed by atoms with E-state index < -0.39 is 0 Å². The minimum Gasteiger partial charge on any atom is -0.303 e. The molecule has 0 spiro atoms. The summed E-state index contributed by atoms with van der Waals surface area (Å²) in [4.78, 5) is 4.35. The Morgan fingerprint density at radius 2 is 2.05 bits per heavy atom. The van der Waals surface area contributed by atoms with E-state index in [1.807, 2.05) is 11.3 Å². The van der Waals surface area contributed by atoms with E-state index in [1.165, 1.54) is 64.6 Å². The zero-order valence-corrected chi connectivity index (χ0v) is 13.1. The molecule has 1 aliphatic heterocycles. The molecule has 1 atom stereocenters. The normalized spacial score (nSPS) is 22.6. The van der Waals surface area contributed by atoms with Crippen LogP contribution in [0.4, 0.5) is 0 Å². The number of hydrogen-bond acceptors (Lipinski definition) is 2. The molecule has 106 valence electrons. The summed E-state index contributed by atoms with van der Waals surface area (Å²) in [5.74, 6) is 1.78. The number of aryl methyl sites for hydroxylation is 1. The molecule has 0 unspecified atom stereocenters. The predicted molar refractivity (Wildman–Crippen MR) is 84.1 cm³/mol. The molecule has 0 N–H and O–H groups in total. The molecular formula is C17H27NS. The van der Waals surface area contributed by atoms with Gasteiger partial charge in [0, 0.05) is 11.4 Å². The SMILES string of the molecule is C[C@@H](CN1CCCCC1)c1ccsc1CCC1CC1. The van der Waals surface area contributed by atoms with Gasteiger partial charge in [0.25, 0.3) is 0 Å². The third-order valence-corrected chi connectivity index (χ3v) is 5.76. The van der Waals surface area contributed by atoms with E-state index in [0.717, 1.165) is 11.8 Å². The zero-order valence-electron chi connectivity index (χ0n) is 12.2. The molecule has 1 saturated carbocycles. The van der Waals surface area contributed by atoms with Crippen molar-refractivity contribution in [1.29, 1.82) is 0 Å². The van der Waals surface area contributed by atoms with Gasteiger partial charge in [-0.15, -0.1) is 11.3 Å². The number of piperidine rings is 1. The van der Waals surface area contributed by atoms with Crippen LogP contribution in [0.5, 0.6) is 0 Å². The van der Waals surface area contributed by atoms with Crippen molar-refractivity contribution in [2.45, 2.75) is 57.8 Å². The molecule has 0 aromatic carbocycles. The minimum atomic E-state index is 0.721. The summed E-state index contributed by atoms with van der Waals surface area (Å²) in [7, 11) is 0. The molecular weight excluding hydrogens is 250 g/mol. The molecule has 2 heterocycles. The van der Waals surface area contributed by atoms with E-state index >= 15 is 0 Å². The lowest BCUT2D eigenvalue weighted by Gasteiger charge is -2.29. The molecule has 2 aliphatic rings. The van der Waals surface area contributed by atoms with Crippen molar-refractivity contribution in [2.24, 2.45) is 5.92 Å². The van der Waals surface area contributed by atoms with E-state index in [2.05, 4.69) is 23.3 Å². The molecule has 1 aromatic rings. The third kappa shape index (κ3) is 3.82. The van der Waals surface area contributed by atoms with Gasteiger partial charge in [0.2, 0.25) is 0 Å². The number of hydrogen-bond donors (Lipinski definition) is 0. The summed E-state index contributed by atoms with van der Waals surface area (Å²) in [6.07, 6.45) is 10.0. The van der Waals surface area contributed by atoms with Crippen LogP contribution in [0.25, 0.3) is 0 Å². The minimum absolute atomic E-state index is 0.721. The van der Waals surface area contributed by atoms with E-state index in [9.17, 15) is 0 Å². The van der Waals surface area contributed by atoms with Gasteiger partial charge in [-0.2, -0.15) is 0 Å². The van der Waals surface area contributed by atoms with Crippen molar-refractivity contribution >= 4 is 11.3 Å². The highest BCUT2D eigenvalue weighted by molar-refractivity contribution is 7.10. The van der Waals surface area contributed by atoms with Crippen molar-refractivity contribution < 1.29 is 0 Å². The third-order valence-electron chi connectivity index (χ3n) is 4.77. The highest BCUT2D eigenvalue weighted by atomic mass is 32.1. The highest BCUT2D eigenvalue weighted by Crippen LogP contribution is 2.36.